The van der Waals surface area contributed by atoms with E-state index in [1.807, 2.05) is 54.6 Å². The highest BCUT2D eigenvalue weighted by molar-refractivity contribution is 5.76. The summed E-state index contributed by atoms with van der Waals surface area (Å²) in [4.78, 5) is 11.8. The van der Waals surface area contributed by atoms with Crippen molar-refractivity contribution in [2.75, 3.05) is 13.7 Å². The minimum atomic E-state index is -0.234. The zero-order valence-corrected chi connectivity index (χ0v) is 13.9. The summed E-state index contributed by atoms with van der Waals surface area (Å²) in [5.74, 6) is 0.783. The molecule has 0 fully saturated rings. The molecule has 3 N–H and O–H groups in total. The maximum atomic E-state index is 11.8. The number of nitrogens with two attached hydrogens (primary N) is 1. The van der Waals surface area contributed by atoms with Crippen molar-refractivity contribution in [3.05, 3.63) is 65.7 Å². The van der Waals surface area contributed by atoms with Crippen molar-refractivity contribution in [3.63, 3.8) is 0 Å². The average molecular weight is 328 g/mol. The van der Waals surface area contributed by atoms with E-state index in [1.165, 1.54) is 0 Å². The summed E-state index contributed by atoms with van der Waals surface area (Å²) in [6.45, 7) is 1.34. The molecule has 2 rings (SSSR count). The molecule has 0 spiro atoms. The van der Waals surface area contributed by atoms with E-state index in [2.05, 4.69) is 5.32 Å². The highest BCUT2D eigenvalue weighted by Gasteiger charge is 2.10. The lowest BCUT2D eigenvalue weighted by molar-refractivity contribution is -0.123. The first-order chi connectivity index (χ1) is 11.7. The van der Waals surface area contributed by atoms with Crippen LogP contribution in [0.5, 0.6) is 5.75 Å². The monoisotopic (exact) mass is 328 g/mol. The van der Waals surface area contributed by atoms with Crippen LogP contribution in [0.25, 0.3) is 0 Å². The first kappa shape index (κ1) is 18.0. The van der Waals surface area contributed by atoms with Crippen LogP contribution in [-0.4, -0.2) is 25.7 Å². The van der Waals surface area contributed by atoms with Crippen LogP contribution in [0.1, 0.15) is 17.5 Å². The first-order valence-electron chi connectivity index (χ1n) is 7.96. The third-order valence-corrected chi connectivity index (χ3v) is 3.67. The Morgan fingerprint density at radius 3 is 2.38 bits per heavy atom. The van der Waals surface area contributed by atoms with Gasteiger partial charge in [-0.05, 0) is 23.3 Å². The molecule has 5 heteroatoms. The van der Waals surface area contributed by atoms with Gasteiger partial charge in [0.05, 0.1) is 12.5 Å². The highest BCUT2D eigenvalue weighted by atomic mass is 16.5. The smallest absolute Gasteiger partial charge is 0.222 e. The van der Waals surface area contributed by atoms with Crippen LogP contribution < -0.4 is 15.8 Å². The summed E-state index contributed by atoms with van der Waals surface area (Å²) in [6.07, 6.45) is 0.0400. The maximum Gasteiger partial charge on any atom is 0.222 e. The molecule has 0 saturated carbocycles. The summed E-state index contributed by atoms with van der Waals surface area (Å²) in [5, 5.41) is 2.87. The van der Waals surface area contributed by atoms with Gasteiger partial charge in [0.25, 0.3) is 0 Å². The summed E-state index contributed by atoms with van der Waals surface area (Å²) in [6, 6.07) is 17.7. The van der Waals surface area contributed by atoms with Crippen molar-refractivity contribution in [1.29, 1.82) is 0 Å². The number of methoxy groups -OCH3 is 1. The normalized spacial score (nSPS) is 11.8. The van der Waals surface area contributed by atoms with E-state index in [-0.39, 0.29) is 18.4 Å². The van der Waals surface area contributed by atoms with Gasteiger partial charge in [-0.25, -0.2) is 0 Å². The van der Waals surface area contributed by atoms with Crippen LogP contribution in [0, 0.1) is 0 Å². The molecule has 0 aliphatic carbocycles. The largest absolute Gasteiger partial charge is 0.489 e. The molecule has 0 aromatic heterocycles. The van der Waals surface area contributed by atoms with E-state index in [4.69, 9.17) is 15.2 Å². The van der Waals surface area contributed by atoms with Gasteiger partial charge >= 0.3 is 0 Å². The lowest BCUT2D eigenvalue weighted by Gasteiger charge is -2.12. The molecule has 2 aromatic rings. The van der Waals surface area contributed by atoms with E-state index in [0.717, 1.165) is 16.9 Å². The van der Waals surface area contributed by atoms with Crippen molar-refractivity contribution in [1.82, 2.24) is 5.32 Å². The summed E-state index contributed by atoms with van der Waals surface area (Å²) < 4.78 is 10.8. The number of carbonyl (C=O) groups excluding carboxylic acids is 1. The summed E-state index contributed by atoms with van der Waals surface area (Å²) in [5.41, 5.74) is 7.62. The fraction of sp³-hybridized carbons (Fsp3) is 0.316. The van der Waals surface area contributed by atoms with Crippen molar-refractivity contribution >= 4 is 5.91 Å². The predicted molar refractivity (Wildman–Crippen MR) is 93.5 cm³/mol. The van der Waals surface area contributed by atoms with Gasteiger partial charge in [-0.3, -0.25) is 4.79 Å². The van der Waals surface area contributed by atoms with Crippen LogP contribution >= 0.6 is 0 Å². The lowest BCUT2D eigenvalue weighted by atomic mass is 10.1. The van der Waals surface area contributed by atoms with Crippen LogP contribution in [-0.2, 0) is 22.7 Å². The van der Waals surface area contributed by atoms with E-state index in [1.54, 1.807) is 7.11 Å². The third-order valence-electron chi connectivity index (χ3n) is 3.67. The van der Waals surface area contributed by atoms with Crippen molar-refractivity contribution in [2.24, 2.45) is 5.73 Å². The molecular weight excluding hydrogens is 304 g/mol. The number of benzene rings is 2. The molecule has 0 heterocycles. The van der Waals surface area contributed by atoms with Crippen LogP contribution in [0.3, 0.4) is 0 Å². The SMILES string of the molecule is COC(CN)CC(=O)NCc1ccc(COc2ccccc2)cc1. The summed E-state index contributed by atoms with van der Waals surface area (Å²) in [7, 11) is 1.56. The molecule has 0 saturated heterocycles. The number of amides is 1. The third kappa shape index (κ3) is 6.02. The Hall–Kier alpha value is -2.37. The van der Waals surface area contributed by atoms with Gasteiger partial charge in [0, 0.05) is 20.2 Å². The Labute approximate surface area is 142 Å². The van der Waals surface area contributed by atoms with Crippen molar-refractivity contribution in [3.8, 4) is 5.75 Å². The maximum absolute atomic E-state index is 11.8. The number of carbonyl (C=O) groups is 1. The molecule has 0 aliphatic rings. The first-order valence-corrected chi connectivity index (χ1v) is 7.96. The molecule has 0 aliphatic heterocycles. The molecular formula is C19H24N2O3. The fourth-order valence-corrected chi connectivity index (χ4v) is 2.18. The Balaban J connectivity index is 1.76. The molecule has 24 heavy (non-hydrogen) atoms. The molecule has 2 aromatic carbocycles. The van der Waals surface area contributed by atoms with Gasteiger partial charge in [-0.2, -0.15) is 0 Å². The Kier molecular flexibility index (Phi) is 7.26. The standard InChI is InChI=1S/C19H24N2O3/c1-23-18(12-20)11-19(22)21-13-15-7-9-16(10-8-15)14-24-17-5-3-2-4-6-17/h2-10,18H,11-14,20H2,1H3,(H,21,22). The summed E-state index contributed by atoms with van der Waals surface area (Å²) >= 11 is 0. The Morgan fingerprint density at radius 1 is 1.08 bits per heavy atom. The van der Waals surface area contributed by atoms with E-state index in [0.29, 0.717) is 19.7 Å². The fourth-order valence-electron chi connectivity index (χ4n) is 2.18. The van der Waals surface area contributed by atoms with Gasteiger partial charge in [0.2, 0.25) is 5.91 Å². The zero-order chi connectivity index (χ0) is 17.2. The Bertz CT molecular complexity index is 610. The van der Waals surface area contributed by atoms with Crippen LogP contribution in [0.2, 0.25) is 0 Å². The van der Waals surface area contributed by atoms with Gasteiger partial charge < -0.3 is 20.5 Å². The number of nitrogens with one attached hydrogen (secondary N) is 1. The zero-order valence-electron chi connectivity index (χ0n) is 13.9. The second-order valence-corrected chi connectivity index (χ2v) is 5.49. The molecule has 0 radical (unpaired) electrons. The lowest BCUT2D eigenvalue weighted by Crippen LogP contribution is -2.31. The number of hydrogen-bond donors (Lipinski definition) is 2. The number of hydrogen-bond acceptors (Lipinski definition) is 4. The predicted octanol–water partition coefficient (Wildman–Crippen LogP) is 2.25. The van der Waals surface area contributed by atoms with E-state index >= 15 is 0 Å². The second kappa shape index (κ2) is 9.70. The van der Waals surface area contributed by atoms with E-state index in [9.17, 15) is 4.79 Å². The topological polar surface area (TPSA) is 73.6 Å². The van der Waals surface area contributed by atoms with Gasteiger partial charge in [-0.15, -0.1) is 0 Å². The molecule has 1 amide bonds. The van der Waals surface area contributed by atoms with Crippen LogP contribution in [0.4, 0.5) is 0 Å². The molecule has 5 nitrogen and oxygen atoms in total. The van der Waals surface area contributed by atoms with Crippen molar-refractivity contribution < 1.29 is 14.3 Å². The number of para-hydroxylation sites is 1. The molecule has 128 valence electrons. The quantitative estimate of drug-likeness (QED) is 0.740. The van der Waals surface area contributed by atoms with Crippen LogP contribution in [0.15, 0.2) is 54.6 Å². The second-order valence-electron chi connectivity index (χ2n) is 5.49. The highest BCUT2D eigenvalue weighted by Crippen LogP contribution is 2.12. The molecule has 1 unspecified atom stereocenters. The van der Waals surface area contributed by atoms with Gasteiger partial charge in [-0.1, -0.05) is 42.5 Å². The minimum Gasteiger partial charge on any atom is -0.489 e. The number of ether oxygens (including phenoxy) is 2. The van der Waals surface area contributed by atoms with Gasteiger partial charge in [0.1, 0.15) is 12.4 Å². The van der Waals surface area contributed by atoms with Gasteiger partial charge in [0.15, 0.2) is 0 Å². The van der Waals surface area contributed by atoms with Crippen molar-refractivity contribution in [2.45, 2.75) is 25.7 Å². The minimum absolute atomic E-state index is 0.0659. The molecule has 1 atom stereocenters. The van der Waals surface area contributed by atoms with E-state index < -0.39 is 0 Å². The molecule has 0 bridgehead atoms. The average Bonchev–Trinajstić information content (AvgIpc) is 2.64. The Morgan fingerprint density at radius 2 is 1.75 bits per heavy atom. The number of rotatable bonds is 9.